The van der Waals surface area contributed by atoms with Crippen LogP contribution in [0.5, 0.6) is 11.5 Å². The molecule has 0 bridgehead atoms. The highest BCUT2D eigenvalue weighted by atomic mass is 16.5. The summed E-state index contributed by atoms with van der Waals surface area (Å²) in [5, 5.41) is 0. The zero-order valence-corrected chi connectivity index (χ0v) is 14.3. The quantitative estimate of drug-likeness (QED) is 0.857. The number of hydrogen-bond acceptors (Lipinski definition) is 3. The van der Waals surface area contributed by atoms with Gasteiger partial charge >= 0.3 is 0 Å². The van der Waals surface area contributed by atoms with Crippen molar-refractivity contribution >= 4 is 5.71 Å². The van der Waals surface area contributed by atoms with E-state index in [1.165, 1.54) is 27.8 Å². The lowest BCUT2D eigenvalue weighted by Crippen LogP contribution is -2.16. The van der Waals surface area contributed by atoms with Gasteiger partial charge in [-0.25, -0.2) is 0 Å². The Balaban J connectivity index is 1.98. The molecule has 120 valence electrons. The highest BCUT2D eigenvalue weighted by Gasteiger charge is 2.18. The van der Waals surface area contributed by atoms with Crippen molar-refractivity contribution in [1.82, 2.24) is 0 Å². The van der Waals surface area contributed by atoms with E-state index in [0.717, 1.165) is 36.6 Å². The Labute approximate surface area is 138 Å². The van der Waals surface area contributed by atoms with Crippen LogP contribution in [0.1, 0.15) is 27.8 Å². The van der Waals surface area contributed by atoms with Crippen molar-refractivity contribution in [3.63, 3.8) is 0 Å². The fourth-order valence-corrected chi connectivity index (χ4v) is 3.31. The van der Waals surface area contributed by atoms with E-state index in [1.807, 2.05) is 0 Å². The molecule has 0 saturated heterocycles. The summed E-state index contributed by atoms with van der Waals surface area (Å²) in [7, 11) is 3.35. The zero-order valence-electron chi connectivity index (χ0n) is 14.3. The highest BCUT2D eigenvalue weighted by molar-refractivity contribution is 6.04. The lowest BCUT2D eigenvalue weighted by Gasteiger charge is -2.20. The van der Waals surface area contributed by atoms with Crippen molar-refractivity contribution in [2.75, 3.05) is 20.8 Å². The molecular weight excluding hydrogens is 286 g/mol. The summed E-state index contributed by atoms with van der Waals surface area (Å²) >= 11 is 0. The van der Waals surface area contributed by atoms with E-state index in [-0.39, 0.29) is 0 Å². The van der Waals surface area contributed by atoms with Gasteiger partial charge in [0.05, 0.1) is 14.2 Å². The molecule has 0 N–H and O–H groups in total. The van der Waals surface area contributed by atoms with Gasteiger partial charge in [-0.15, -0.1) is 0 Å². The molecule has 3 rings (SSSR count). The number of hydrogen-bond donors (Lipinski definition) is 0. The van der Waals surface area contributed by atoms with Gasteiger partial charge in [0.1, 0.15) is 0 Å². The predicted molar refractivity (Wildman–Crippen MR) is 94.3 cm³/mol. The Morgan fingerprint density at radius 1 is 0.913 bits per heavy atom. The largest absolute Gasteiger partial charge is 0.493 e. The normalized spacial score (nSPS) is 13.3. The molecule has 3 nitrogen and oxygen atoms in total. The van der Waals surface area contributed by atoms with E-state index in [4.69, 9.17) is 14.5 Å². The lowest BCUT2D eigenvalue weighted by atomic mass is 9.92. The van der Waals surface area contributed by atoms with Crippen molar-refractivity contribution in [3.8, 4) is 11.5 Å². The van der Waals surface area contributed by atoms with Gasteiger partial charge in [0.2, 0.25) is 0 Å². The fourth-order valence-electron chi connectivity index (χ4n) is 3.31. The molecule has 0 radical (unpaired) electrons. The van der Waals surface area contributed by atoms with Crippen molar-refractivity contribution in [1.29, 1.82) is 0 Å². The third kappa shape index (κ3) is 3.24. The van der Waals surface area contributed by atoms with E-state index in [2.05, 4.69) is 44.2 Å². The second-order valence-corrected chi connectivity index (χ2v) is 6.12. The first-order valence-corrected chi connectivity index (χ1v) is 7.96. The fraction of sp³-hybridized carbons (Fsp3) is 0.350. The number of aliphatic imine (C=N–C) groups is 1. The number of nitrogens with zero attached hydrogens (tertiary/aromatic N) is 1. The zero-order chi connectivity index (χ0) is 16.4. The van der Waals surface area contributed by atoms with Crippen LogP contribution in [0.4, 0.5) is 0 Å². The molecule has 1 aliphatic rings. The summed E-state index contributed by atoms with van der Waals surface area (Å²) in [5.41, 5.74) is 7.51. The minimum absolute atomic E-state index is 0.765. The van der Waals surface area contributed by atoms with Gasteiger partial charge in [0.25, 0.3) is 0 Å². The topological polar surface area (TPSA) is 30.8 Å². The number of ether oxygens (including phenoxy) is 2. The summed E-state index contributed by atoms with van der Waals surface area (Å²) in [6.07, 6.45) is 1.80. The summed E-state index contributed by atoms with van der Waals surface area (Å²) in [6, 6.07) is 10.8. The third-order valence-corrected chi connectivity index (χ3v) is 4.26. The third-order valence-electron chi connectivity index (χ3n) is 4.26. The molecule has 0 atom stereocenters. The molecule has 0 amide bonds. The Morgan fingerprint density at radius 3 is 2.22 bits per heavy atom. The summed E-state index contributed by atoms with van der Waals surface area (Å²) in [4.78, 5) is 4.78. The molecule has 0 fully saturated rings. The van der Waals surface area contributed by atoms with Gasteiger partial charge in [0.15, 0.2) is 11.5 Å². The van der Waals surface area contributed by atoms with Crippen molar-refractivity contribution in [2.24, 2.45) is 4.99 Å². The smallest absolute Gasteiger partial charge is 0.161 e. The Bertz CT molecular complexity index is 742. The molecule has 0 spiro atoms. The minimum atomic E-state index is 0.765. The van der Waals surface area contributed by atoms with E-state index in [9.17, 15) is 0 Å². The van der Waals surface area contributed by atoms with Crippen molar-refractivity contribution < 1.29 is 9.47 Å². The van der Waals surface area contributed by atoms with Crippen molar-refractivity contribution in [2.45, 2.75) is 26.7 Å². The second kappa shape index (κ2) is 6.45. The maximum absolute atomic E-state index is 5.46. The molecule has 0 aliphatic carbocycles. The molecular formula is C20H23NO2. The molecule has 2 aromatic carbocycles. The van der Waals surface area contributed by atoms with Crippen LogP contribution >= 0.6 is 0 Å². The lowest BCUT2D eigenvalue weighted by molar-refractivity contribution is 0.354. The predicted octanol–water partition coefficient (Wildman–Crippen LogP) is 3.91. The van der Waals surface area contributed by atoms with Crippen LogP contribution < -0.4 is 9.47 Å². The second-order valence-electron chi connectivity index (χ2n) is 6.12. The Morgan fingerprint density at radius 2 is 1.57 bits per heavy atom. The maximum Gasteiger partial charge on any atom is 0.161 e. The average Bonchev–Trinajstić information content (AvgIpc) is 2.53. The molecule has 1 heterocycles. The van der Waals surface area contributed by atoms with Crippen LogP contribution in [0.3, 0.4) is 0 Å². The minimum Gasteiger partial charge on any atom is -0.493 e. The molecule has 23 heavy (non-hydrogen) atoms. The van der Waals surface area contributed by atoms with Crippen LogP contribution in [0.15, 0.2) is 35.3 Å². The van der Waals surface area contributed by atoms with Gasteiger partial charge < -0.3 is 9.47 Å². The highest BCUT2D eigenvalue weighted by Crippen LogP contribution is 2.33. The van der Waals surface area contributed by atoms with Crippen LogP contribution in [0, 0.1) is 13.8 Å². The maximum atomic E-state index is 5.46. The van der Waals surface area contributed by atoms with E-state index < -0.39 is 0 Å². The van der Waals surface area contributed by atoms with Crippen LogP contribution in [-0.4, -0.2) is 26.5 Å². The van der Waals surface area contributed by atoms with Gasteiger partial charge in [-0.2, -0.15) is 0 Å². The van der Waals surface area contributed by atoms with E-state index >= 15 is 0 Å². The summed E-state index contributed by atoms with van der Waals surface area (Å²) < 4.78 is 10.9. The molecule has 2 aromatic rings. The first-order valence-electron chi connectivity index (χ1n) is 7.96. The summed E-state index contributed by atoms with van der Waals surface area (Å²) in [6.45, 7) is 5.12. The number of benzene rings is 2. The first-order chi connectivity index (χ1) is 11.1. The number of rotatable bonds is 4. The Hall–Kier alpha value is -2.29. The van der Waals surface area contributed by atoms with Gasteiger partial charge in [-0.1, -0.05) is 29.3 Å². The molecule has 1 aliphatic heterocycles. The Kier molecular flexibility index (Phi) is 4.37. The van der Waals surface area contributed by atoms with E-state index in [1.54, 1.807) is 14.2 Å². The summed E-state index contributed by atoms with van der Waals surface area (Å²) in [5.74, 6) is 1.56. The van der Waals surface area contributed by atoms with Crippen molar-refractivity contribution in [3.05, 3.63) is 58.1 Å². The molecule has 0 saturated carbocycles. The van der Waals surface area contributed by atoms with Gasteiger partial charge in [-0.05, 0) is 43.5 Å². The molecule has 0 unspecified atom stereocenters. The van der Waals surface area contributed by atoms with E-state index in [0.29, 0.717) is 0 Å². The SMILES string of the molecule is COc1cc2c(cc1OC)C(Cc1cc(C)cc(C)c1)=NCC2. The van der Waals surface area contributed by atoms with Crippen LogP contribution in [0.2, 0.25) is 0 Å². The molecule has 3 heteroatoms. The standard InChI is InChI=1S/C20H23NO2/c1-13-7-14(2)9-15(8-13)10-18-17-12-20(23-4)19(22-3)11-16(17)5-6-21-18/h7-9,11-12H,5-6,10H2,1-4H3. The number of aryl methyl sites for hydroxylation is 2. The number of methoxy groups -OCH3 is 2. The van der Waals surface area contributed by atoms with Gasteiger partial charge in [-0.3, -0.25) is 4.99 Å². The van der Waals surface area contributed by atoms with Crippen LogP contribution in [0.25, 0.3) is 0 Å². The number of fused-ring (bicyclic) bond motifs is 1. The monoisotopic (exact) mass is 309 g/mol. The first kappa shape index (κ1) is 15.6. The molecule has 0 aromatic heterocycles. The average molecular weight is 309 g/mol. The van der Waals surface area contributed by atoms with Gasteiger partial charge in [0, 0.05) is 24.2 Å². The van der Waals surface area contributed by atoms with Crippen LogP contribution in [-0.2, 0) is 12.8 Å².